The molecule has 0 saturated heterocycles. The van der Waals surface area contributed by atoms with Crippen molar-refractivity contribution in [1.29, 1.82) is 0 Å². The quantitative estimate of drug-likeness (QED) is 0.606. The summed E-state index contributed by atoms with van der Waals surface area (Å²) in [4.78, 5) is 0. The molecule has 0 aliphatic heterocycles. The predicted octanol–water partition coefficient (Wildman–Crippen LogP) is 3.45. The minimum Gasteiger partial charge on any atom is -0.412 e. The Morgan fingerprint density at radius 1 is 0.714 bits per heavy atom. The molecule has 1 aliphatic carbocycles. The maximum atomic E-state index is 2.36. The van der Waals surface area contributed by atoms with Gasteiger partial charge in [-0.1, -0.05) is 75.4 Å². The molecule has 0 aromatic heterocycles. The summed E-state index contributed by atoms with van der Waals surface area (Å²) < 4.78 is 0. The fourth-order valence-electron chi connectivity index (χ4n) is 1.69. The van der Waals surface area contributed by atoms with Gasteiger partial charge in [0, 0.05) is 0 Å². The van der Waals surface area contributed by atoms with Crippen molar-refractivity contribution in [2.75, 3.05) is 0 Å². The molecule has 14 heavy (non-hydrogen) atoms. The monoisotopic (exact) mass is 194 g/mol. The Balaban J connectivity index is 0.000000227. The Morgan fingerprint density at radius 2 is 1.07 bits per heavy atom. The van der Waals surface area contributed by atoms with Gasteiger partial charge in [0.25, 0.3) is 0 Å². The molecule has 2 N–H and O–H groups in total. The van der Waals surface area contributed by atoms with E-state index >= 15 is 0 Å². The highest BCUT2D eigenvalue weighted by Crippen LogP contribution is 2.22. The standard InChI is InChI=1S/C7H14.C6H6.H2O/c1-7-5-3-2-4-6-7;1-2-4-6-5-3-1;/h7H,2-6H2,1H3;1-6H;1H2. The minimum absolute atomic E-state index is 0. The highest BCUT2D eigenvalue weighted by atomic mass is 16.0. The number of benzene rings is 1. The molecule has 0 spiro atoms. The van der Waals surface area contributed by atoms with Crippen molar-refractivity contribution in [3.8, 4) is 0 Å². The molecule has 0 bridgehead atoms. The van der Waals surface area contributed by atoms with E-state index in [0.29, 0.717) is 0 Å². The first kappa shape index (κ1) is 13.2. The molecule has 0 atom stereocenters. The average molecular weight is 194 g/mol. The minimum atomic E-state index is 0. The summed E-state index contributed by atoms with van der Waals surface area (Å²) in [6, 6.07) is 12.0. The van der Waals surface area contributed by atoms with Crippen molar-refractivity contribution in [2.24, 2.45) is 5.92 Å². The van der Waals surface area contributed by atoms with E-state index in [0.717, 1.165) is 5.92 Å². The Morgan fingerprint density at radius 3 is 1.29 bits per heavy atom. The Labute approximate surface area is 87.5 Å². The summed E-state index contributed by atoms with van der Waals surface area (Å²) in [6.07, 6.45) is 7.44. The number of hydrogen-bond acceptors (Lipinski definition) is 0. The van der Waals surface area contributed by atoms with Crippen LogP contribution >= 0.6 is 0 Å². The molecule has 1 aliphatic rings. The average Bonchev–Trinajstić information content (AvgIpc) is 2.22. The van der Waals surface area contributed by atoms with E-state index in [-0.39, 0.29) is 5.48 Å². The zero-order valence-corrected chi connectivity index (χ0v) is 9.08. The van der Waals surface area contributed by atoms with E-state index in [4.69, 9.17) is 0 Å². The summed E-state index contributed by atoms with van der Waals surface area (Å²) in [7, 11) is 0. The SMILES string of the molecule is CC1CCCCC1.O.c1ccccc1. The second-order valence-corrected chi connectivity index (χ2v) is 3.90. The van der Waals surface area contributed by atoms with Crippen LogP contribution in [0.4, 0.5) is 0 Å². The zero-order chi connectivity index (χ0) is 9.36. The molecule has 0 unspecified atom stereocenters. The van der Waals surface area contributed by atoms with Crippen LogP contribution in [0, 0.1) is 5.92 Å². The van der Waals surface area contributed by atoms with Crippen LogP contribution in [0.2, 0.25) is 0 Å². The summed E-state index contributed by atoms with van der Waals surface area (Å²) in [5.74, 6) is 1.04. The molecular weight excluding hydrogens is 172 g/mol. The molecule has 1 aromatic rings. The fourth-order valence-corrected chi connectivity index (χ4v) is 1.69. The van der Waals surface area contributed by atoms with Gasteiger partial charge >= 0.3 is 0 Å². The topological polar surface area (TPSA) is 31.5 Å². The van der Waals surface area contributed by atoms with Gasteiger partial charge in [-0.2, -0.15) is 0 Å². The number of rotatable bonds is 0. The van der Waals surface area contributed by atoms with Crippen LogP contribution in [0.15, 0.2) is 36.4 Å². The van der Waals surface area contributed by atoms with Gasteiger partial charge in [0.15, 0.2) is 0 Å². The Kier molecular flexibility index (Phi) is 8.25. The van der Waals surface area contributed by atoms with Gasteiger partial charge in [0.1, 0.15) is 0 Å². The van der Waals surface area contributed by atoms with E-state index in [1.807, 2.05) is 36.4 Å². The largest absolute Gasteiger partial charge is 0.412 e. The van der Waals surface area contributed by atoms with Crippen LogP contribution in [0.3, 0.4) is 0 Å². The third-order valence-electron chi connectivity index (χ3n) is 2.56. The van der Waals surface area contributed by atoms with Crippen LogP contribution in [0.25, 0.3) is 0 Å². The molecule has 0 amide bonds. The van der Waals surface area contributed by atoms with Crippen LogP contribution in [-0.4, -0.2) is 5.48 Å². The fraction of sp³-hybridized carbons (Fsp3) is 0.538. The smallest absolute Gasteiger partial charge is 0.0443 e. The van der Waals surface area contributed by atoms with Gasteiger partial charge in [0.2, 0.25) is 0 Å². The van der Waals surface area contributed by atoms with Crippen molar-refractivity contribution >= 4 is 0 Å². The first-order chi connectivity index (χ1) is 6.39. The molecule has 1 aromatic carbocycles. The molecule has 1 fully saturated rings. The van der Waals surface area contributed by atoms with E-state index in [2.05, 4.69) is 6.92 Å². The van der Waals surface area contributed by atoms with Crippen LogP contribution < -0.4 is 0 Å². The molecule has 2 rings (SSSR count). The summed E-state index contributed by atoms with van der Waals surface area (Å²) in [5, 5.41) is 0. The van der Waals surface area contributed by atoms with Crippen molar-refractivity contribution in [3.63, 3.8) is 0 Å². The van der Waals surface area contributed by atoms with Gasteiger partial charge in [-0.15, -0.1) is 0 Å². The van der Waals surface area contributed by atoms with Crippen molar-refractivity contribution in [3.05, 3.63) is 36.4 Å². The van der Waals surface area contributed by atoms with Crippen molar-refractivity contribution < 1.29 is 5.48 Å². The summed E-state index contributed by atoms with van der Waals surface area (Å²) in [5.41, 5.74) is 0. The van der Waals surface area contributed by atoms with Crippen LogP contribution in [-0.2, 0) is 0 Å². The molecule has 1 saturated carbocycles. The van der Waals surface area contributed by atoms with Crippen molar-refractivity contribution in [2.45, 2.75) is 39.0 Å². The van der Waals surface area contributed by atoms with Gasteiger partial charge in [-0.3, -0.25) is 0 Å². The first-order valence-corrected chi connectivity index (χ1v) is 5.39. The molecule has 0 radical (unpaired) electrons. The molecular formula is C13H22O. The van der Waals surface area contributed by atoms with Crippen molar-refractivity contribution in [1.82, 2.24) is 0 Å². The number of hydrogen-bond donors (Lipinski definition) is 0. The lowest BCUT2D eigenvalue weighted by Gasteiger charge is -2.15. The second-order valence-electron chi connectivity index (χ2n) is 3.90. The lowest BCUT2D eigenvalue weighted by Crippen LogP contribution is -1.99. The first-order valence-electron chi connectivity index (χ1n) is 5.39. The molecule has 1 nitrogen and oxygen atoms in total. The third-order valence-corrected chi connectivity index (χ3v) is 2.56. The molecule has 80 valence electrons. The van der Waals surface area contributed by atoms with E-state index in [1.165, 1.54) is 32.1 Å². The van der Waals surface area contributed by atoms with Crippen LogP contribution in [0.5, 0.6) is 0 Å². The van der Waals surface area contributed by atoms with Gasteiger partial charge < -0.3 is 5.48 Å². The third kappa shape index (κ3) is 6.67. The Hall–Kier alpha value is -0.820. The lowest BCUT2D eigenvalue weighted by molar-refractivity contribution is 0.385. The summed E-state index contributed by atoms with van der Waals surface area (Å²) >= 11 is 0. The Bertz CT molecular complexity index is 163. The maximum absolute atomic E-state index is 2.36. The predicted molar refractivity (Wildman–Crippen MR) is 62.3 cm³/mol. The van der Waals surface area contributed by atoms with Gasteiger partial charge in [0.05, 0.1) is 0 Å². The maximum Gasteiger partial charge on any atom is -0.0443 e. The highest BCUT2D eigenvalue weighted by Gasteiger charge is 2.05. The van der Waals surface area contributed by atoms with Gasteiger partial charge in [-0.25, -0.2) is 0 Å². The van der Waals surface area contributed by atoms with Gasteiger partial charge in [-0.05, 0) is 5.92 Å². The highest BCUT2D eigenvalue weighted by molar-refractivity contribution is 4.99. The molecule has 0 heterocycles. The van der Waals surface area contributed by atoms with E-state index in [1.54, 1.807) is 0 Å². The zero-order valence-electron chi connectivity index (χ0n) is 9.08. The van der Waals surface area contributed by atoms with E-state index in [9.17, 15) is 0 Å². The normalized spacial score (nSPS) is 16.1. The lowest BCUT2D eigenvalue weighted by atomic mass is 9.91. The second kappa shape index (κ2) is 8.76. The van der Waals surface area contributed by atoms with Crippen LogP contribution in [0.1, 0.15) is 39.0 Å². The summed E-state index contributed by atoms with van der Waals surface area (Å²) in [6.45, 7) is 2.36. The molecule has 1 heteroatoms. The van der Waals surface area contributed by atoms with E-state index < -0.39 is 0 Å².